The van der Waals surface area contributed by atoms with E-state index in [0.29, 0.717) is 24.5 Å². The van der Waals surface area contributed by atoms with Crippen molar-refractivity contribution in [3.05, 3.63) is 65.4 Å². The van der Waals surface area contributed by atoms with Gasteiger partial charge in [0.1, 0.15) is 11.6 Å². The zero-order chi connectivity index (χ0) is 21.8. The summed E-state index contributed by atoms with van der Waals surface area (Å²) < 4.78 is 10.5. The van der Waals surface area contributed by atoms with Crippen LogP contribution in [0.3, 0.4) is 0 Å². The Balaban J connectivity index is 1.87. The molecule has 0 spiro atoms. The molecule has 2 N–H and O–H groups in total. The predicted molar refractivity (Wildman–Crippen MR) is 119 cm³/mol. The number of rotatable bonds is 11. The number of anilines is 1. The van der Waals surface area contributed by atoms with Gasteiger partial charge in [-0.1, -0.05) is 31.5 Å². The zero-order valence-electron chi connectivity index (χ0n) is 17.8. The standard InChI is InChI=1S/C24H29N3O3/c1-4-5-6-18-7-10-21(11-8-18)27-17-20(16-25)24(28)26-14-13-19-9-12-22(29-2)23(15-19)30-3/h7-12,15,17,27H,4-6,13-14H2,1-3H3,(H,26,28)/b20-17-. The summed E-state index contributed by atoms with van der Waals surface area (Å²) in [6.07, 6.45) is 5.42. The number of ether oxygens (including phenoxy) is 2. The largest absolute Gasteiger partial charge is 0.493 e. The molecule has 0 aliphatic heterocycles. The third-order valence-electron chi connectivity index (χ3n) is 4.67. The van der Waals surface area contributed by atoms with Crippen molar-refractivity contribution >= 4 is 11.6 Å². The summed E-state index contributed by atoms with van der Waals surface area (Å²) in [5.74, 6) is 0.887. The van der Waals surface area contributed by atoms with E-state index in [1.54, 1.807) is 14.2 Å². The smallest absolute Gasteiger partial charge is 0.263 e. The Labute approximate surface area is 178 Å². The predicted octanol–water partition coefficient (Wildman–Crippen LogP) is 4.22. The second-order valence-corrected chi connectivity index (χ2v) is 6.81. The number of hydrogen-bond donors (Lipinski definition) is 2. The maximum absolute atomic E-state index is 12.3. The first-order valence-electron chi connectivity index (χ1n) is 10.1. The number of unbranched alkanes of at least 4 members (excludes halogenated alkanes) is 1. The van der Waals surface area contributed by atoms with Crippen molar-refractivity contribution in [2.24, 2.45) is 0 Å². The van der Waals surface area contributed by atoms with Crippen LogP contribution >= 0.6 is 0 Å². The van der Waals surface area contributed by atoms with Gasteiger partial charge in [0.2, 0.25) is 0 Å². The minimum Gasteiger partial charge on any atom is -0.493 e. The molecule has 0 radical (unpaired) electrons. The van der Waals surface area contributed by atoms with Crippen molar-refractivity contribution in [1.29, 1.82) is 5.26 Å². The molecule has 0 aliphatic carbocycles. The lowest BCUT2D eigenvalue weighted by Crippen LogP contribution is -2.27. The minimum atomic E-state index is -0.412. The first kappa shape index (κ1) is 22.8. The van der Waals surface area contributed by atoms with Crippen LogP contribution in [-0.4, -0.2) is 26.7 Å². The highest BCUT2D eigenvalue weighted by atomic mass is 16.5. The minimum absolute atomic E-state index is 0.0253. The molecule has 0 bridgehead atoms. The molecule has 0 fully saturated rings. The molecule has 30 heavy (non-hydrogen) atoms. The summed E-state index contributed by atoms with van der Waals surface area (Å²) in [6.45, 7) is 2.57. The van der Waals surface area contributed by atoms with Crippen LogP contribution in [0.1, 0.15) is 30.9 Å². The summed E-state index contributed by atoms with van der Waals surface area (Å²) in [4.78, 5) is 12.3. The highest BCUT2D eigenvalue weighted by molar-refractivity contribution is 5.97. The first-order chi connectivity index (χ1) is 14.6. The molecule has 6 heteroatoms. The van der Waals surface area contributed by atoms with Gasteiger partial charge in [-0.25, -0.2) is 0 Å². The number of carbonyl (C=O) groups excluding carboxylic acids is 1. The SMILES string of the molecule is CCCCc1ccc(N/C=C(/C#N)C(=O)NCCc2ccc(OC)c(OC)c2)cc1. The second kappa shape index (κ2) is 12.2. The lowest BCUT2D eigenvalue weighted by Gasteiger charge is -2.10. The van der Waals surface area contributed by atoms with E-state index in [-0.39, 0.29) is 5.57 Å². The molecule has 2 aromatic carbocycles. The van der Waals surface area contributed by atoms with Crippen LogP contribution in [0, 0.1) is 11.3 Å². The number of hydrogen-bond acceptors (Lipinski definition) is 5. The molecular weight excluding hydrogens is 378 g/mol. The summed E-state index contributed by atoms with van der Waals surface area (Å²) in [5, 5.41) is 15.1. The number of methoxy groups -OCH3 is 2. The Morgan fingerprint density at radius 2 is 1.73 bits per heavy atom. The molecular formula is C24H29N3O3. The number of benzene rings is 2. The summed E-state index contributed by atoms with van der Waals surface area (Å²) in [6, 6.07) is 15.6. The third-order valence-corrected chi connectivity index (χ3v) is 4.67. The van der Waals surface area contributed by atoms with Crippen molar-refractivity contribution < 1.29 is 14.3 Å². The third kappa shape index (κ3) is 6.85. The highest BCUT2D eigenvalue weighted by Gasteiger charge is 2.09. The number of carbonyl (C=O) groups is 1. The summed E-state index contributed by atoms with van der Waals surface area (Å²) >= 11 is 0. The van der Waals surface area contributed by atoms with Gasteiger partial charge in [0.05, 0.1) is 14.2 Å². The molecule has 6 nitrogen and oxygen atoms in total. The molecule has 158 valence electrons. The van der Waals surface area contributed by atoms with E-state index in [4.69, 9.17) is 9.47 Å². The molecule has 0 unspecified atom stereocenters. The van der Waals surface area contributed by atoms with Crippen LogP contribution in [0.4, 0.5) is 5.69 Å². The van der Waals surface area contributed by atoms with Crippen molar-refractivity contribution in [1.82, 2.24) is 5.32 Å². The van der Waals surface area contributed by atoms with Gasteiger partial charge in [-0.15, -0.1) is 0 Å². The highest BCUT2D eigenvalue weighted by Crippen LogP contribution is 2.27. The van der Waals surface area contributed by atoms with Gasteiger partial charge in [0, 0.05) is 18.4 Å². The molecule has 0 saturated heterocycles. The Bertz CT molecular complexity index is 899. The molecule has 0 aromatic heterocycles. The van der Waals surface area contributed by atoms with E-state index in [0.717, 1.165) is 30.5 Å². The number of nitrogens with zero attached hydrogens (tertiary/aromatic N) is 1. The monoisotopic (exact) mass is 407 g/mol. The van der Waals surface area contributed by atoms with Crippen LogP contribution in [0.25, 0.3) is 0 Å². The maximum atomic E-state index is 12.3. The van der Waals surface area contributed by atoms with Crippen LogP contribution in [-0.2, 0) is 17.6 Å². The maximum Gasteiger partial charge on any atom is 0.263 e. The van der Waals surface area contributed by atoms with Gasteiger partial charge in [-0.3, -0.25) is 4.79 Å². The number of aryl methyl sites for hydroxylation is 1. The molecule has 2 rings (SSSR count). The van der Waals surface area contributed by atoms with Gasteiger partial charge in [0.15, 0.2) is 11.5 Å². The first-order valence-corrected chi connectivity index (χ1v) is 10.1. The van der Waals surface area contributed by atoms with E-state index < -0.39 is 5.91 Å². The molecule has 0 saturated carbocycles. The Kier molecular flexibility index (Phi) is 9.26. The van der Waals surface area contributed by atoms with Crippen molar-refractivity contribution in [2.75, 3.05) is 26.1 Å². The van der Waals surface area contributed by atoms with E-state index >= 15 is 0 Å². The topological polar surface area (TPSA) is 83.4 Å². The molecule has 0 aliphatic rings. The van der Waals surface area contributed by atoms with E-state index in [1.165, 1.54) is 11.8 Å². The van der Waals surface area contributed by atoms with E-state index in [2.05, 4.69) is 29.7 Å². The Morgan fingerprint density at radius 3 is 2.37 bits per heavy atom. The molecule has 0 heterocycles. The average molecular weight is 408 g/mol. The quantitative estimate of drug-likeness (QED) is 0.430. The van der Waals surface area contributed by atoms with Gasteiger partial charge in [-0.05, 0) is 54.7 Å². The lowest BCUT2D eigenvalue weighted by molar-refractivity contribution is -0.117. The fourth-order valence-corrected chi connectivity index (χ4v) is 2.90. The van der Waals surface area contributed by atoms with Crippen LogP contribution in [0.5, 0.6) is 11.5 Å². The van der Waals surface area contributed by atoms with Crippen LogP contribution in [0.15, 0.2) is 54.2 Å². The summed E-state index contributed by atoms with van der Waals surface area (Å²) in [7, 11) is 3.17. The van der Waals surface area contributed by atoms with Crippen molar-refractivity contribution in [2.45, 2.75) is 32.6 Å². The van der Waals surface area contributed by atoms with E-state index in [9.17, 15) is 10.1 Å². The number of nitrogens with one attached hydrogen (secondary N) is 2. The molecule has 2 aromatic rings. The van der Waals surface area contributed by atoms with Crippen LogP contribution in [0.2, 0.25) is 0 Å². The average Bonchev–Trinajstić information content (AvgIpc) is 2.78. The van der Waals surface area contributed by atoms with Gasteiger partial charge < -0.3 is 20.1 Å². The Morgan fingerprint density at radius 1 is 1.03 bits per heavy atom. The molecule has 0 atom stereocenters. The normalized spacial score (nSPS) is 10.8. The second-order valence-electron chi connectivity index (χ2n) is 6.81. The van der Waals surface area contributed by atoms with E-state index in [1.807, 2.05) is 36.4 Å². The number of nitriles is 1. The summed E-state index contributed by atoms with van der Waals surface area (Å²) in [5.41, 5.74) is 3.13. The Hall–Kier alpha value is -3.46. The zero-order valence-corrected chi connectivity index (χ0v) is 17.8. The van der Waals surface area contributed by atoms with Gasteiger partial charge in [-0.2, -0.15) is 5.26 Å². The lowest BCUT2D eigenvalue weighted by atomic mass is 10.1. The van der Waals surface area contributed by atoms with Crippen molar-refractivity contribution in [3.63, 3.8) is 0 Å². The van der Waals surface area contributed by atoms with Crippen molar-refractivity contribution in [3.8, 4) is 17.6 Å². The fourth-order valence-electron chi connectivity index (χ4n) is 2.90. The van der Waals surface area contributed by atoms with Crippen LogP contribution < -0.4 is 20.1 Å². The van der Waals surface area contributed by atoms with Gasteiger partial charge >= 0.3 is 0 Å². The fraction of sp³-hybridized carbons (Fsp3) is 0.333. The molecule has 1 amide bonds. The van der Waals surface area contributed by atoms with Gasteiger partial charge in [0.25, 0.3) is 5.91 Å². The number of amides is 1.